The lowest BCUT2D eigenvalue weighted by atomic mass is 10.0. The van der Waals surface area contributed by atoms with Crippen LogP contribution in [-0.4, -0.2) is 9.97 Å². The van der Waals surface area contributed by atoms with Crippen molar-refractivity contribution >= 4 is 38.6 Å². The Hall–Kier alpha value is -1.59. The van der Waals surface area contributed by atoms with Crippen molar-refractivity contribution in [2.45, 2.75) is 4.83 Å². The Balaban J connectivity index is 2.12. The number of aromatic amines is 2. The van der Waals surface area contributed by atoms with E-state index in [1.165, 1.54) is 6.07 Å². The van der Waals surface area contributed by atoms with Crippen LogP contribution in [0.25, 0.3) is 11.0 Å². The van der Waals surface area contributed by atoms with Gasteiger partial charge in [-0.05, 0) is 29.8 Å². The number of hydrogen-bond acceptors (Lipinski definition) is 1. The topological polar surface area (TPSA) is 48.6 Å². The maximum absolute atomic E-state index is 13.9. The maximum Gasteiger partial charge on any atom is 0.323 e. The third-order valence-electron chi connectivity index (χ3n) is 3.09. The van der Waals surface area contributed by atoms with Crippen molar-refractivity contribution in [3.8, 4) is 0 Å². The van der Waals surface area contributed by atoms with Crippen molar-refractivity contribution < 1.29 is 4.39 Å². The van der Waals surface area contributed by atoms with E-state index in [4.69, 9.17) is 11.6 Å². The van der Waals surface area contributed by atoms with Gasteiger partial charge in [0.25, 0.3) is 0 Å². The van der Waals surface area contributed by atoms with Gasteiger partial charge < -0.3 is 9.97 Å². The molecule has 0 saturated carbocycles. The molecule has 3 aromatic rings. The first-order valence-corrected chi connectivity index (χ1v) is 7.15. The summed E-state index contributed by atoms with van der Waals surface area (Å²) >= 11 is 9.52. The molecule has 1 aromatic heterocycles. The zero-order valence-corrected chi connectivity index (χ0v) is 12.4. The summed E-state index contributed by atoms with van der Waals surface area (Å²) in [6, 6.07) is 9.94. The molecule has 0 radical (unpaired) electrons. The first-order chi connectivity index (χ1) is 9.56. The highest BCUT2D eigenvalue weighted by Gasteiger charge is 2.18. The van der Waals surface area contributed by atoms with Gasteiger partial charge in [0.05, 0.1) is 15.9 Å². The van der Waals surface area contributed by atoms with E-state index in [-0.39, 0.29) is 16.3 Å². The van der Waals surface area contributed by atoms with Crippen LogP contribution in [0.3, 0.4) is 0 Å². The second-order valence-electron chi connectivity index (χ2n) is 4.38. The molecule has 0 aliphatic carbocycles. The molecule has 3 rings (SSSR count). The van der Waals surface area contributed by atoms with Gasteiger partial charge in [0, 0.05) is 10.6 Å². The van der Waals surface area contributed by atoms with Crippen LogP contribution < -0.4 is 5.69 Å². The lowest BCUT2D eigenvalue weighted by Gasteiger charge is -2.13. The van der Waals surface area contributed by atoms with Gasteiger partial charge in [-0.1, -0.05) is 39.7 Å². The lowest BCUT2D eigenvalue weighted by Crippen LogP contribution is -1.99. The smallest absolute Gasteiger partial charge is 0.306 e. The quantitative estimate of drug-likeness (QED) is 0.667. The first-order valence-electron chi connectivity index (χ1n) is 5.86. The van der Waals surface area contributed by atoms with Gasteiger partial charge in [-0.3, -0.25) is 0 Å². The van der Waals surface area contributed by atoms with Gasteiger partial charge in [0.1, 0.15) is 5.82 Å². The second kappa shape index (κ2) is 5.07. The molecule has 0 saturated heterocycles. The number of alkyl halides is 1. The van der Waals surface area contributed by atoms with Gasteiger partial charge in [-0.15, -0.1) is 0 Å². The number of rotatable bonds is 2. The molecular formula is C14H9BrClFN2O. The van der Waals surface area contributed by atoms with Crippen LogP contribution in [0.1, 0.15) is 16.0 Å². The molecule has 6 heteroatoms. The highest BCUT2D eigenvalue weighted by Crippen LogP contribution is 2.37. The Morgan fingerprint density at radius 3 is 2.65 bits per heavy atom. The van der Waals surface area contributed by atoms with Crippen molar-refractivity contribution in [3.63, 3.8) is 0 Å². The first kappa shape index (κ1) is 13.4. The Morgan fingerprint density at radius 2 is 1.90 bits per heavy atom. The minimum absolute atomic E-state index is 0.271. The van der Waals surface area contributed by atoms with Gasteiger partial charge in [0.15, 0.2) is 0 Å². The third-order valence-corrected chi connectivity index (χ3v) is 4.40. The number of fused-ring (bicyclic) bond motifs is 1. The zero-order chi connectivity index (χ0) is 14.3. The largest absolute Gasteiger partial charge is 0.323 e. The Kier molecular flexibility index (Phi) is 3.40. The van der Waals surface area contributed by atoms with Crippen LogP contribution in [0.5, 0.6) is 0 Å². The maximum atomic E-state index is 13.9. The summed E-state index contributed by atoms with van der Waals surface area (Å²) in [6.07, 6.45) is 0. The number of halogens is 3. The molecule has 20 heavy (non-hydrogen) atoms. The predicted molar refractivity (Wildman–Crippen MR) is 81.1 cm³/mol. The van der Waals surface area contributed by atoms with E-state index in [0.717, 1.165) is 5.56 Å². The summed E-state index contributed by atoms with van der Waals surface area (Å²) in [4.78, 5) is 16.2. The average molecular weight is 356 g/mol. The van der Waals surface area contributed by atoms with Crippen LogP contribution in [-0.2, 0) is 0 Å². The molecule has 0 fully saturated rings. The molecule has 3 nitrogen and oxygen atoms in total. The lowest BCUT2D eigenvalue weighted by molar-refractivity contribution is 0.614. The van der Waals surface area contributed by atoms with Crippen LogP contribution >= 0.6 is 27.5 Å². The molecular weight excluding hydrogens is 347 g/mol. The second-order valence-corrected chi connectivity index (χ2v) is 5.70. The monoisotopic (exact) mass is 354 g/mol. The highest BCUT2D eigenvalue weighted by atomic mass is 79.9. The van der Waals surface area contributed by atoms with Crippen molar-refractivity contribution in [2.75, 3.05) is 0 Å². The van der Waals surface area contributed by atoms with Crippen LogP contribution in [0.2, 0.25) is 5.02 Å². The minimum atomic E-state index is -0.390. The standard InChI is InChI=1S/C14H9BrClFN2O/c15-13(12-8(16)2-1-3-9(12)17)7-4-5-10-11(6-7)19-14(20)18-10/h1-6,13H,(H2,18,19,20). The van der Waals surface area contributed by atoms with E-state index < -0.39 is 0 Å². The summed E-state index contributed by atoms with van der Waals surface area (Å²) in [6.45, 7) is 0. The molecule has 1 unspecified atom stereocenters. The normalized spacial score (nSPS) is 12.8. The van der Waals surface area contributed by atoms with Gasteiger partial charge >= 0.3 is 5.69 Å². The Bertz CT molecular complexity index is 822. The summed E-state index contributed by atoms with van der Waals surface area (Å²) in [5.74, 6) is -0.373. The van der Waals surface area contributed by atoms with Crippen LogP contribution in [0.4, 0.5) is 4.39 Å². The Labute approximate surface area is 126 Å². The molecule has 0 bridgehead atoms. The summed E-state index contributed by atoms with van der Waals surface area (Å²) < 4.78 is 13.9. The molecule has 1 heterocycles. The number of nitrogens with one attached hydrogen (secondary N) is 2. The molecule has 102 valence electrons. The van der Waals surface area contributed by atoms with Gasteiger partial charge in [-0.2, -0.15) is 0 Å². The van der Waals surface area contributed by atoms with Crippen molar-refractivity contribution in [2.24, 2.45) is 0 Å². The van der Waals surface area contributed by atoms with E-state index >= 15 is 0 Å². The van der Waals surface area contributed by atoms with E-state index in [1.807, 2.05) is 6.07 Å². The van der Waals surface area contributed by atoms with E-state index in [1.54, 1.807) is 24.3 Å². The molecule has 2 N–H and O–H groups in total. The molecule has 0 aliphatic rings. The van der Waals surface area contributed by atoms with Crippen molar-refractivity contribution in [1.29, 1.82) is 0 Å². The fraction of sp³-hybridized carbons (Fsp3) is 0.0714. The molecule has 0 spiro atoms. The summed E-state index contributed by atoms with van der Waals surface area (Å²) in [5.41, 5.74) is 2.29. The summed E-state index contributed by atoms with van der Waals surface area (Å²) in [5, 5.41) is 0.356. The number of benzene rings is 2. The molecule has 0 amide bonds. The van der Waals surface area contributed by atoms with Crippen LogP contribution in [0.15, 0.2) is 41.2 Å². The number of hydrogen-bond donors (Lipinski definition) is 2. The van der Waals surface area contributed by atoms with E-state index in [0.29, 0.717) is 21.6 Å². The van der Waals surface area contributed by atoms with Crippen LogP contribution in [0, 0.1) is 5.82 Å². The average Bonchev–Trinajstić information content (AvgIpc) is 2.77. The fourth-order valence-electron chi connectivity index (χ4n) is 2.13. The van der Waals surface area contributed by atoms with E-state index in [9.17, 15) is 9.18 Å². The number of H-pyrrole nitrogens is 2. The predicted octanol–water partition coefficient (Wildman–Crippen LogP) is 4.13. The molecule has 1 atom stereocenters. The van der Waals surface area contributed by atoms with E-state index in [2.05, 4.69) is 25.9 Å². The number of aromatic nitrogens is 2. The molecule has 2 aromatic carbocycles. The van der Waals surface area contributed by atoms with Crippen molar-refractivity contribution in [1.82, 2.24) is 9.97 Å². The van der Waals surface area contributed by atoms with Crippen molar-refractivity contribution in [3.05, 3.63) is 68.8 Å². The SMILES string of the molecule is O=c1[nH]c2ccc(C(Br)c3c(F)cccc3Cl)cc2[nH]1. The Morgan fingerprint density at radius 1 is 1.15 bits per heavy atom. The molecule has 0 aliphatic heterocycles. The van der Waals surface area contributed by atoms with Gasteiger partial charge in [0.2, 0.25) is 0 Å². The minimum Gasteiger partial charge on any atom is -0.306 e. The third kappa shape index (κ3) is 2.27. The fourth-order valence-corrected chi connectivity index (χ4v) is 3.28. The summed E-state index contributed by atoms with van der Waals surface area (Å²) in [7, 11) is 0. The van der Waals surface area contributed by atoms with Gasteiger partial charge in [-0.25, -0.2) is 9.18 Å². The number of imidazole rings is 1. The zero-order valence-electron chi connectivity index (χ0n) is 10.1. The highest BCUT2D eigenvalue weighted by molar-refractivity contribution is 9.09.